The lowest BCUT2D eigenvalue weighted by atomic mass is 10.0. The lowest BCUT2D eigenvalue weighted by Gasteiger charge is -2.18. The smallest absolute Gasteiger partial charge is 0.225 e. The molecule has 0 saturated carbocycles. The van der Waals surface area contributed by atoms with E-state index in [1.54, 1.807) is 0 Å². The van der Waals surface area contributed by atoms with E-state index in [-0.39, 0.29) is 5.91 Å². The van der Waals surface area contributed by atoms with Crippen molar-refractivity contribution >= 4 is 11.7 Å². The summed E-state index contributed by atoms with van der Waals surface area (Å²) in [6.07, 6.45) is 1.24. The van der Waals surface area contributed by atoms with E-state index in [0.29, 0.717) is 18.1 Å². The van der Waals surface area contributed by atoms with Crippen LogP contribution >= 0.6 is 0 Å². The molecule has 0 radical (unpaired) electrons. The molecule has 18 heavy (non-hydrogen) atoms. The molecule has 1 aromatic heterocycles. The first-order chi connectivity index (χ1) is 8.74. The number of nitrogens with one attached hydrogen (secondary N) is 1. The van der Waals surface area contributed by atoms with Gasteiger partial charge in [0.25, 0.3) is 0 Å². The average molecular weight is 239 g/mol. The standard InChI is InChI=1S/C14H13N3O/c1-9-11-7-8-12(18)16-14(11)17-13(15-9)10-5-3-2-4-6-10/h2-6H,7-8H2,1H3,(H,15,16,17,18). The molecule has 0 fully saturated rings. The number of benzene rings is 1. The molecule has 0 unspecified atom stereocenters. The van der Waals surface area contributed by atoms with Gasteiger partial charge in [-0.1, -0.05) is 30.3 Å². The van der Waals surface area contributed by atoms with Gasteiger partial charge in [0.1, 0.15) is 5.82 Å². The molecule has 0 spiro atoms. The minimum absolute atomic E-state index is 0.0274. The van der Waals surface area contributed by atoms with Crippen LogP contribution in [0.2, 0.25) is 0 Å². The van der Waals surface area contributed by atoms with Crippen molar-refractivity contribution in [1.29, 1.82) is 0 Å². The molecule has 4 nitrogen and oxygen atoms in total. The zero-order valence-electron chi connectivity index (χ0n) is 10.1. The van der Waals surface area contributed by atoms with E-state index in [9.17, 15) is 4.79 Å². The van der Waals surface area contributed by atoms with Crippen molar-refractivity contribution in [2.75, 3.05) is 5.32 Å². The molecular weight excluding hydrogens is 226 g/mol. The number of nitrogens with zero attached hydrogens (tertiary/aromatic N) is 2. The van der Waals surface area contributed by atoms with Crippen molar-refractivity contribution in [3.05, 3.63) is 41.6 Å². The van der Waals surface area contributed by atoms with Gasteiger partial charge in [-0.15, -0.1) is 0 Å². The summed E-state index contributed by atoms with van der Waals surface area (Å²) in [4.78, 5) is 20.4. The molecule has 2 heterocycles. The third-order valence-electron chi connectivity index (χ3n) is 3.11. The van der Waals surface area contributed by atoms with Crippen LogP contribution < -0.4 is 5.32 Å². The van der Waals surface area contributed by atoms with E-state index in [1.165, 1.54) is 0 Å². The maximum atomic E-state index is 11.4. The summed E-state index contributed by atoms with van der Waals surface area (Å²) in [6.45, 7) is 1.96. The van der Waals surface area contributed by atoms with E-state index in [0.717, 1.165) is 23.2 Å². The van der Waals surface area contributed by atoms with Crippen LogP contribution in [0.5, 0.6) is 0 Å². The molecule has 0 aliphatic carbocycles. The fraction of sp³-hybridized carbons (Fsp3) is 0.214. The maximum Gasteiger partial charge on any atom is 0.225 e. The molecule has 1 aromatic carbocycles. The number of aryl methyl sites for hydroxylation is 1. The second-order valence-corrected chi connectivity index (χ2v) is 4.37. The highest BCUT2D eigenvalue weighted by Crippen LogP contribution is 2.26. The predicted octanol–water partition coefficient (Wildman–Crippen LogP) is 2.34. The second-order valence-electron chi connectivity index (χ2n) is 4.37. The number of fused-ring (bicyclic) bond motifs is 1. The lowest BCUT2D eigenvalue weighted by molar-refractivity contribution is -0.116. The van der Waals surface area contributed by atoms with Crippen molar-refractivity contribution in [2.24, 2.45) is 0 Å². The topological polar surface area (TPSA) is 54.9 Å². The quantitative estimate of drug-likeness (QED) is 0.831. The van der Waals surface area contributed by atoms with Crippen molar-refractivity contribution in [3.8, 4) is 11.4 Å². The Morgan fingerprint density at radius 1 is 1.11 bits per heavy atom. The summed E-state index contributed by atoms with van der Waals surface area (Å²) in [6, 6.07) is 9.78. The third kappa shape index (κ3) is 1.86. The molecule has 1 aliphatic rings. The van der Waals surface area contributed by atoms with Crippen LogP contribution in [-0.4, -0.2) is 15.9 Å². The number of anilines is 1. The number of amides is 1. The van der Waals surface area contributed by atoms with E-state index in [2.05, 4.69) is 15.3 Å². The Labute approximate surface area is 105 Å². The Morgan fingerprint density at radius 2 is 1.89 bits per heavy atom. The number of carbonyl (C=O) groups excluding carboxylic acids is 1. The van der Waals surface area contributed by atoms with Crippen LogP contribution in [0.25, 0.3) is 11.4 Å². The number of rotatable bonds is 1. The summed E-state index contributed by atoms with van der Waals surface area (Å²) in [5.41, 5.74) is 2.95. The Hall–Kier alpha value is -2.23. The van der Waals surface area contributed by atoms with Crippen molar-refractivity contribution in [2.45, 2.75) is 19.8 Å². The average Bonchev–Trinajstić information content (AvgIpc) is 2.39. The highest BCUT2D eigenvalue weighted by molar-refractivity contribution is 5.93. The molecule has 0 bridgehead atoms. The normalized spacial score (nSPS) is 13.9. The van der Waals surface area contributed by atoms with Gasteiger partial charge >= 0.3 is 0 Å². The van der Waals surface area contributed by atoms with Crippen molar-refractivity contribution in [1.82, 2.24) is 9.97 Å². The number of hydrogen-bond donors (Lipinski definition) is 1. The first kappa shape index (κ1) is 10.9. The van der Waals surface area contributed by atoms with E-state index < -0.39 is 0 Å². The van der Waals surface area contributed by atoms with Crippen LogP contribution in [0.3, 0.4) is 0 Å². The van der Waals surface area contributed by atoms with Crippen molar-refractivity contribution < 1.29 is 4.79 Å². The zero-order valence-corrected chi connectivity index (χ0v) is 10.1. The van der Waals surface area contributed by atoms with Gasteiger partial charge in [0.15, 0.2) is 5.82 Å². The maximum absolute atomic E-state index is 11.4. The van der Waals surface area contributed by atoms with Crippen LogP contribution in [0.4, 0.5) is 5.82 Å². The van der Waals surface area contributed by atoms with Crippen LogP contribution in [0, 0.1) is 6.92 Å². The van der Waals surface area contributed by atoms with Gasteiger partial charge in [0.2, 0.25) is 5.91 Å². The van der Waals surface area contributed by atoms with Gasteiger partial charge < -0.3 is 5.32 Å². The number of hydrogen-bond acceptors (Lipinski definition) is 3. The molecule has 0 atom stereocenters. The highest BCUT2D eigenvalue weighted by atomic mass is 16.1. The SMILES string of the molecule is Cc1nc(-c2ccccc2)nc2c1CCC(=O)N2. The fourth-order valence-corrected chi connectivity index (χ4v) is 2.15. The minimum Gasteiger partial charge on any atom is -0.310 e. The van der Waals surface area contributed by atoms with Gasteiger partial charge in [0, 0.05) is 23.2 Å². The molecule has 2 aromatic rings. The van der Waals surface area contributed by atoms with Crippen LogP contribution in [0.15, 0.2) is 30.3 Å². The summed E-state index contributed by atoms with van der Waals surface area (Å²) in [5, 5.41) is 2.82. The molecule has 3 rings (SSSR count). The molecule has 1 amide bonds. The molecular formula is C14H13N3O. The molecule has 90 valence electrons. The predicted molar refractivity (Wildman–Crippen MR) is 69.2 cm³/mol. The summed E-state index contributed by atoms with van der Waals surface area (Å²) in [7, 11) is 0. The minimum atomic E-state index is 0.0274. The first-order valence-corrected chi connectivity index (χ1v) is 5.97. The Balaban J connectivity index is 2.11. The van der Waals surface area contributed by atoms with E-state index in [4.69, 9.17) is 0 Å². The van der Waals surface area contributed by atoms with Gasteiger partial charge in [-0.3, -0.25) is 4.79 Å². The van der Waals surface area contributed by atoms with Crippen LogP contribution in [-0.2, 0) is 11.2 Å². The number of carbonyl (C=O) groups is 1. The van der Waals surface area contributed by atoms with Crippen molar-refractivity contribution in [3.63, 3.8) is 0 Å². The largest absolute Gasteiger partial charge is 0.310 e. The highest BCUT2D eigenvalue weighted by Gasteiger charge is 2.19. The second kappa shape index (κ2) is 4.22. The fourth-order valence-electron chi connectivity index (χ4n) is 2.15. The summed E-state index contributed by atoms with van der Waals surface area (Å²) >= 11 is 0. The van der Waals surface area contributed by atoms with Gasteiger partial charge in [-0.05, 0) is 13.3 Å². The number of aromatic nitrogens is 2. The Morgan fingerprint density at radius 3 is 2.67 bits per heavy atom. The lowest BCUT2D eigenvalue weighted by Crippen LogP contribution is -2.21. The van der Waals surface area contributed by atoms with Crippen LogP contribution in [0.1, 0.15) is 17.7 Å². The van der Waals surface area contributed by atoms with Gasteiger partial charge in [-0.25, -0.2) is 9.97 Å². The molecule has 1 N–H and O–H groups in total. The Bertz CT molecular complexity index is 608. The molecule has 4 heteroatoms. The Kier molecular flexibility index (Phi) is 2.55. The van der Waals surface area contributed by atoms with E-state index in [1.807, 2.05) is 37.3 Å². The zero-order chi connectivity index (χ0) is 12.5. The molecule has 1 aliphatic heterocycles. The summed E-state index contributed by atoms with van der Waals surface area (Å²) < 4.78 is 0. The monoisotopic (exact) mass is 239 g/mol. The van der Waals surface area contributed by atoms with E-state index >= 15 is 0 Å². The van der Waals surface area contributed by atoms with Gasteiger partial charge in [-0.2, -0.15) is 0 Å². The summed E-state index contributed by atoms with van der Waals surface area (Å²) in [5.74, 6) is 1.35. The van der Waals surface area contributed by atoms with Gasteiger partial charge in [0.05, 0.1) is 0 Å². The third-order valence-corrected chi connectivity index (χ3v) is 3.11. The first-order valence-electron chi connectivity index (χ1n) is 5.97. The molecule has 0 saturated heterocycles.